The van der Waals surface area contributed by atoms with Crippen molar-refractivity contribution in [2.45, 2.75) is 43.9 Å². The molecule has 84 valence electrons. The molecule has 0 spiro atoms. The Hall–Kier alpha value is -0.500. The molecule has 3 heteroatoms. The van der Waals surface area contributed by atoms with E-state index in [0.29, 0.717) is 5.38 Å². The van der Waals surface area contributed by atoms with Gasteiger partial charge in [0.15, 0.2) is 0 Å². The quantitative estimate of drug-likeness (QED) is 0.724. The van der Waals surface area contributed by atoms with Gasteiger partial charge in [-0.05, 0) is 37.7 Å². The van der Waals surface area contributed by atoms with Crippen molar-refractivity contribution in [1.82, 2.24) is 9.78 Å². The van der Waals surface area contributed by atoms with Crippen molar-refractivity contribution in [2.75, 3.05) is 0 Å². The van der Waals surface area contributed by atoms with Crippen LogP contribution in [0.2, 0.25) is 0 Å². The van der Waals surface area contributed by atoms with Crippen molar-refractivity contribution in [1.29, 1.82) is 0 Å². The van der Waals surface area contributed by atoms with Gasteiger partial charge in [-0.3, -0.25) is 4.68 Å². The molecule has 1 aliphatic rings. The average Bonchev–Trinajstić information content (AvgIpc) is 2.63. The maximum absolute atomic E-state index is 6.34. The number of aryl methyl sites for hydroxylation is 2. The maximum atomic E-state index is 6.34. The highest BCUT2D eigenvalue weighted by atomic mass is 35.5. The normalized spacial score (nSPS) is 26.8. The van der Waals surface area contributed by atoms with E-state index in [1.54, 1.807) is 0 Å². The van der Waals surface area contributed by atoms with Crippen LogP contribution < -0.4 is 0 Å². The predicted molar refractivity (Wildman–Crippen MR) is 63.1 cm³/mol. The molecule has 2 nitrogen and oxygen atoms in total. The minimum atomic E-state index is 0.409. The fraction of sp³-hybridized carbons (Fsp3) is 0.750. The molecule has 0 amide bonds. The summed E-state index contributed by atoms with van der Waals surface area (Å²) in [5.41, 5.74) is 1.32. The van der Waals surface area contributed by atoms with Gasteiger partial charge in [0.2, 0.25) is 0 Å². The van der Waals surface area contributed by atoms with Gasteiger partial charge >= 0.3 is 0 Å². The topological polar surface area (TPSA) is 17.8 Å². The van der Waals surface area contributed by atoms with Crippen LogP contribution in [0, 0.1) is 5.92 Å². The van der Waals surface area contributed by atoms with E-state index in [9.17, 15) is 0 Å². The van der Waals surface area contributed by atoms with Gasteiger partial charge in [-0.2, -0.15) is 5.10 Å². The Morgan fingerprint density at radius 3 is 2.93 bits per heavy atom. The lowest BCUT2D eigenvalue weighted by Crippen LogP contribution is -2.20. The molecule has 2 unspecified atom stereocenters. The van der Waals surface area contributed by atoms with E-state index in [4.69, 9.17) is 11.6 Å². The molecular formula is C12H19ClN2. The Morgan fingerprint density at radius 2 is 2.27 bits per heavy atom. The summed E-state index contributed by atoms with van der Waals surface area (Å²) in [7, 11) is 2.01. The molecule has 0 radical (unpaired) electrons. The fourth-order valence-corrected chi connectivity index (χ4v) is 2.87. The van der Waals surface area contributed by atoms with Crippen molar-refractivity contribution in [3.8, 4) is 0 Å². The minimum Gasteiger partial charge on any atom is -0.273 e. The van der Waals surface area contributed by atoms with E-state index in [1.165, 1.54) is 37.8 Å². The first-order valence-electron chi connectivity index (χ1n) is 5.88. The van der Waals surface area contributed by atoms with Crippen LogP contribution >= 0.6 is 11.6 Å². The Kier molecular flexibility index (Phi) is 3.68. The van der Waals surface area contributed by atoms with Crippen LogP contribution in [-0.2, 0) is 13.5 Å². The Bertz CT molecular complexity index is 308. The lowest BCUT2D eigenvalue weighted by atomic mass is 9.85. The summed E-state index contributed by atoms with van der Waals surface area (Å²) in [6.45, 7) is 0. The number of hydrogen-bond acceptors (Lipinski definition) is 1. The van der Waals surface area contributed by atoms with Gasteiger partial charge < -0.3 is 0 Å². The lowest BCUT2D eigenvalue weighted by Gasteiger charge is -2.26. The molecule has 2 rings (SSSR count). The van der Waals surface area contributed by atoms with Crippen LogP contribution in [0.1, 0.15) is 37.8 Å². The zero-order valence-corrected chi connectivity index (χ0v) is 10.1. The summed E-state index contributed by atoms with van der Waals surface area (Å²) in [6.07, 6.45) is 9.39. The molecule has 0 bridgehead atoms. The fourth-order valence-electron chi connectivity index (χ4n) is 2.47. The predicted octanol–water partition coefficient (Wildman–Crippen LogP) is 3.15. The first kappa shape index (κ1) is 11.0. The number of halogens is 1. The van der Waals surface area contributed by atoms with Crippen LogP contribution in [-0.4, -0.2) is 15.2 Å². The van der Waals surface area contributed by atoms with Crippen LogP contribution in [0.25, 0.3) is 0 Å². The molecule has 1 heterocycles. The Labute approximate surface area is 96.6 Å². The largest absolute Gasteiger partial charge is 0.273 e. The summed E-state index contributed by atoms with van der Waals surface area (Å²) >= 11 is 6.34. The van der Waals surface area contributed by atoms with Crippen LogP contribution in [0.3, 0.4) is 0 Å². The highest BCUT2D eigenvalue weighted by molar-refractivity contribution is 6.20. The maximum Gasteiger partial charge on any atom is 0.0492 e. The molecule has 15 heavy (non-hydrogen) atoms. The molecule has 1 saturated carbocycles. The van der Waals surface area contributed by atoms with E-state index in [2.05, 4.69) is 11.2 Å². The van der Waals surface area contributed by atoms with E-state index in [0.717, 1.165) is 12.3 Å². The van der Waals surface area contributed by atoms with Crippen molar-refractivity contribution in [3.63, 3.8) is 0 Å². The van der Waals surface area contributed by atoms with Crippen molar-refractivity contribution < 1.29 is 0 Å². The number of rotatable bonds is 3. The van der Waals surface area contributed by atoms with Crippen LogP contribution in [0.15, 0.2) is 12.3 Å². The van der Waals surface area contributed by atoms with Crippen molar-refractivity contribution >= 4 is 11.6 Å². The molecule has 0 N–H and O–H groups in total. The first-order valence-corrected chi connectivity index (χ1v) is 6.32. The number of aromatic nitrogens is 2. The molecule has 1 aromatic rings. The Morgan fingerprint density at radius 1 is 1.47 bits per heavy atom. The average molecular weight is 227 g/mol. The zero-order valence-electron chi connectivity index (χ0n) is 9.32. The molecule has 0 aromatic carbocycles. The van der Waals surface area contributed by atoms with E-state index >= 15 is 0 Å². The van der Waals surface area contributed by atoms with Gasteiger partial charge in [0.25, 0.3) is 0 Å². The third-order valence-electron chi connectivity index (χ3n) is 3.51. The highest BCUT2D eigenvalue weighted by Gasteiger charge is 2.22. The summed E-state index contributed by atoms with van der Waals surface area (Å²) in [5, 5.41) is 4.59. The standard InChI is InChI=1S/C12H19ClN2/c1-15-11(8-9-14-15)7-6-10-4-2-3-5-12(10)13/h8-10,12H,2-7H2,1H3. The van der Waals surface area contributed by atoms with Gasteiger partial charge in [0.05, 0.1) is 0 Å². The van der Waals surface area contributed by atoms with Gasteiger partial charge in [-0.15, -0.1) is 11.6 Å². The van der Waals surface area contributed by atoms with Gasteiger partial charge in [0, 0.05) is 24.3 Å². The second-order valence-electron chi connectivity index (χ2n) is 4.55. The second kappa shape index (κ2) is 5.02. The third-order valence-corrected chi connectivity index (χ3v) is 4.08. The zero-order chi connectivity index (χ0) is 10.7. The smallest absolute Gasteiger partial charge is 0.0492 e. The first-order chi connectivity index (χ1) is 7.27. The summed E-state index contributed by atoms with van der Waals surface area (Å²) in [4.78, 5) is 0. The van der Waals surface area contributed by atoms with Crippen LogP contribution in [0.4, 0.5) is 0 Å². The molecular weight excluding hydrogens is 208 g/mol. The monoisotopic (exact) mass is 226 g/mol. The SMILES string of the molecule is Cn1nccc1CCC1CCCCC1Cl. The number of alkyl halides is 1. The summed E-state index contributed by atoms with van der Waals surface area (Å²) < 4.78 is 1.96. The number of hydrogen-bond donors (Lipinski definition) is 0. The Balaban J connectivity index is 1.84. The molecule has 1 aromatic heterocycles. The van der Waals surface area contributed by atoms with E-state index in [1.807, 2.05) is 17.9 Å². The molecule has 1 aliphatic carbocycles. The molecule has 0 aliphatic heterocycles. The third kappa shape index (κ3) is 2.75. The van der Waals surface area contributed by atoms with Gasteiger partial charge in [-0.1, -0.05) is 12.8 Å². The second-order valence-corrected chi connectivity index (χ2v) is 5.11. The molecule has 2 atom stereocenters. The summed E-state index contributed by atoms with van der Waals surface area (Å²) in [6, 6.07) is 2.10. The van der Waals surface area contributed by atoms with E-state index < -0.39 is 0 Å². The highest BCUT2D eigenvalue weighted by Crippen LogP contribution is 2.31. The van der Waals surface area contributed by atoms with E-state index in [-0.39, 0.29) is 0 Å². The molecule has 0 saturated heterocycles. The lowest BCUT2D eigenvalue weighted by molar-refractivity contribution is 0.344. The van der Waals surface area contributed by atoms with Gasteiger partial charge in [-0.25, -0.2) is 0 Å². The van der Waals surface area contributed by atoms with Crippen molar-refractivity contribution in [3.05, 3.63) is 18.0 Å². The van der Waals surface area contributed by atoms with Gasteiger partial charge in [0.1, 0.15) is 0 Å². The van der Waals surface area contributed by atoms with Crippen molar-refractivity contribution in [2.24, 2.45) is 13.0 Å². The molecule has 1 fully saturated rings. The number of nitrogens with zero attached hydrogens (tertiary/aromatic N) is 2. The van der Waals surface area contributed by atoms with Crippen LogP contribution in [0.5, 0.6) is 0 Å². The summed E-state index contributed by atoms with van der Waals surface area (Å²) in [5.74, 6) is 0.718. The minimum absolute atomic E-state index is 0.409.